The summed E-state index contributed by atoms with van der Waals surface area (Å²) in [6.45, 7) is 3.73. The van der Waals surface area contributed by atoms with Crippen LogP contribution in [0.25, 0.3) is 0 Å². The zero-order valence-electron chi connectivity index (χ0n) is 13.9. The van der Waals surface area contributed by atoms with Gasteiger partial charge in [0.1, 0.15) is 0 Å². The number of halogens is 4. The molecule has 0 saturated carbocycles. The molecule has 0 aliphatic carbocycles. The maximum absolute atomic E-state index is 13.2. The minimum atomic E-state index is -4.53. The average Bonchev–Trinajstić information content (AvgIpc) is 2.93. The second-order valence-corrected chi connectivity index (χ2v) is 6.67. The van der Waals surface area contributed by atoms with Gasteiger partial charge in [0, 0.05) is 37.8 Å². The summed E-state index contributed by atoms with van der Waals surface area (Å²) in [4.78, 5) is 1.99. The van der Waals surface area contributed by atoms with E-state index in [2.05, 4.69) is 5.32 Å². The first-order valence-corrected chi connectivity index (χ1v) is 7.95. The van der Waals surface area contributed by atoms with Crippen LogP contribution in [0.2, 0.25) is 0 Å². The number of rotatable bonds is 3. The minimum absolute atomic E-state index is 0. The molecule has 2 saturated heterocycles. The molecule has 2 fully saturated rings. The molecule has 25 heavy (non-hydrogen) atoms. The fraction of sp³-hybridized carbons (Fsp3) is 0.588. The first-order chi connectivity index (χ1) is 11.4. The number of ether oxygens (including phenoxy) is 1. The Bertz CT molecular complexity index is 658. The molecule has 4 nitrogen and oxygen atoms in total. The molecule has 0 bridgehead atoms. The third-order valence-electron chi connectivity index (χ3n) is 5.23. The van der Waals surface area contributed by atoms with E-state index in [4.69, 9.17) is 10.00 Å². The van der Waals surface area contributed by atoms with E-state index in [1.807, 2.05) is 4.90 Å². The van der Waals surface area contributed by atoms with Gasteiger partial charge in [-0.1, -0.05) is 0 Å². The van der Waals surface area contributed by atoms with Crippen molar-refractivity contribution < 1.29 is 17.9 Å². The molecule has 8 heteroatoms. The molecule has 1 N–H and O–H groups in total. The summed E-state index contributed by atoms with van der Waals surface area (Å²) in [5.74, 6) is 0.344. The molecule has 2 aliphatic rings. The van der Waals surface area contributed by atoms with E-state index in [1.165, 1.54) is 6.07 Å². The van der Waals surface area contributed by atoms with Crippen molar-refractivity contribution in [2.24, 2.45) is 11.3 Å². The van der Waals surface area contributed by atoms with E-state index in [1.54, 1.807) is 19.2 Å². The molecule has 3 rings (SSSR count). The number of anilines is 1. The highest BCUT2D eigenvalue weighted by Crippen LogP contribution is 2.43. The van der Waals surface area contributed by atoms with Crippen molar-refractivity contribution in [2.75, 3.05) is 44.8 Å². The van der Waals surface area contributed by atoms with Crippen LogP contribution in [-0.4, -0.2) is 39.9 Å². The highest BCUT2D eigenvalue weighted by molar-refractivity contribution is 5.85. The van der Waals surface area contributed by atoms with E-state index in [-0.39, 0.29) is 23.4 Å². The van der Waals surface area contributed by atoms with Crippen molar-refractivity contribution in [2.45, 2.75) is 12.6 Å². The van der Waals surface area contributed by atoms with Crippen molar-refractivity contribution in [3.05, 3.63) is 29.3 Å². The molecule has 1 aromatic rings. The Labute approximate surface area is 151 Å². The second-order valence-electron chi connectivity index (χ2n) is 6.67. The Hall–Kier alpha value is -1.49. The topological polar surface area (TPSA) is 48.3 Å². The number of benzene rings is 1. The van der Waals surface area contributed by atoms with Crippen LogP contribution < -0.4 is 10.2 Å². The van der Waals surface area contributed by atoms with Gasteiger partial charge in [-0.2, -0.15) is 18.4 Å². The van der Waals surface area contributed by atoms with Gasteiger partial charge in [0.25, 0.3) is 0 Å². The number of fused-ring (bicyclic) bond motifs is 1. The van der Waals surface area contributed by atoms with Gasteiger partial charge in [-0.3, -0.25) is 0 Å². The second kappa shape index (κ2) is 7.40. The molecular formula is C17H21ClF3N3O. The molecule has 138 valence electrons. The minimum Gasteiger partial charge on any atom is -0.384 e. The Kier molecular flexibility index (Phi) is 5.87. The fourth-order valence-corrected chi connectivity index (χ4v) is 3.99. The van der Waals surface area contributed by atoms with Crippen LogP contribution in [0.3, 0.4) is 0 Å². The monoisotopic (exact) mass is 375 g/mol. The summed E-state index contributed by atoms with van der Waals surface area (Å²) >= 11 is 0. The van der Waals surface area contributed by atoms with Gasteiger partial charge in [0.05, 0.1) is 23.8 Å². The van der Waals surface area contributed by atoms with Crippen LogP contribution in [-0.2, 0) is 10.9 Å². The summed E-state index contributed by atoms with van der Waals surface area (Å²) in [6, 6.07) is 5.61. The Morgan fingerprint density at radius 2 is 2.20 bits per heavy atom. The number of nitriles is 1. The normalized spacial score (nSPS) is 25.9. The third kappa shape index (κ3) is 3.71. The predicted octanol–water partition coefficient (Wildman–Crippen LogP) is 3.06. The highest BCUT2D eigenvalue weighted by atomic mass is 35.5. The van der Waals surface area contributed by atoms with Gasteiger partial charge in [-0.25, -0.2) is 0 Å². The van der Waals surface area contributed by atoms with Crippen LogP contribution in [0, 0.1) is 22.7 Å². The number of nitrogens with one attached hydrogen (secondary N) is 1. The molecule has 0 unspecified atom stereocenters. The predicted molar refractivity (Wildman–Crippen MR) is 90.9 cm³/mol. The summed E-state index contributed by atoms with van der Waals surface area (Å²) in [6.07, 6.45) is -3.58. The number of hydrogen-bond donors (Lipinski definition) is 1. The quantitative estimate of drug-likeness (QED) is 0.882. The van der Waals surface area contributed by atoms with Gasteiger partial charge in [0.2, 0.25) is 0 Å². The first kappa shape index (κ1) is 19.8. The Morgan fingerprint density at radius 1 is 1.44 bits per heavy atom. The smallest absolute Gasteiger partial charge is 0.384 e. The van der Waals surface area contributed by atoms with Crippen molar-refractivity contribution >= 4 is 18.1 Å². The van der Waals surface area contributed by atoms with E-state index < -0.39 is 11.7 Å². The van der Waals surface area contributed by atoms with Crippen molar-refractivity contribution in [1.29, 1.82) is 5.26 Å². The van der Waals surface area contributed by atoms with Gasteiger partial charge in [0.15, 0.2) is 0 Å². The lowest BCUT2D eigenvalue weighted by Gasteiger charge is -2.38. The van der Waals surface area contributed by atoms with Crippen LogP contribution >= 0.6 is 12.4 Å². The summed E-state index contributed by atoms with van der Waals surface area (Å²) in [5, 5.41) is 12.3. The van der Waals surface area contributed by atoms with Crippen molar-refractivity contribution in [3.8, 4) is 6.07 Å². The lowest BCUT2D eigenvalue weighted by molar-refractivity contribution is -0.137. The number of alkyl halides is 3. The summed E-state index contributed by atoms with van der Waals surface area (Å²) < 4.78 is 45.0. The highest BCUT2D eigenvalue weighted by Gasteiger charge is 2.48. The van der Waals surface area contributed by atoms with Crippen LogP contribution in [0.1, 0.15) is 17.5 Å². The first-order valence-electron chi connectivity index (χ1n) is 7.95. The van der Waals surface area contributed by atoms with Crippen molar-refractivity contribution in [3.63, 3.8) is 0 Å². The van der Waals surface area contributed by atoms with Gasteiger partial charge in [-0.15, -0.1) is 12.4 Å². The van der Waals surface area contributed by atoms with Gasteiger partial charge in [-0.05, 0) is 37.1 Å². The van der Waals surface area contributed by atoms with Crippen LogP contribution in [0.15, 0.2) is 18.2 Å². The number of hydrogen-bond acceptors (Lipinski definition) is 4. The molecule has 0 amide bonds. The molecular weight excluding hydrogens is 355 g/mol. The number of piperidine rings is 1. The van der Waals surface area contributed by atoms with E-state index in [0.717, 1.165) is 25.6 Å². The lowest BCUT2D eigenvalue weighted by atomic mass is 9.74. The SMILES string of the molecule is COC[C@@]12CCNC[C@@H]1CN(c1ccc(C#N)c(C(F)(F)F)c1)C2.Cl. The molecule has 1 aromatic carbocycles. The zero-order valence-corrected chi connectivity index (χ0v) is 14.7. The Morgan fingerprint density at radius 3 is 2.84 bits per heavy atom. The molecule has 2 aliphatic heterocycles. The standard InChI is InChI=1S/C17H20F3N3O.ClH/c1-24-11-16-4-5-22-8-13(16)9-23(10-16)14-3-2-12(7-21)15(6-14)17(18,19)20;/h2-3,6,13,22H,4-5,8-11H2,1H3;1H/t13-,16+;/m1./s1. The summed E-state index contributed by atoms with van der Waals surface area (Å²) in [5.41, 5.74) is -0.703. The molecule has 0 radical (unpaired) electrons. The van der Waals surface area contributed by atoms with Crippen LogP contribution in [0.5, 0.6) is 0 Å². The zero-order chi connectivity index (χ0) is 17.4. The third-order valence-corrected chi connectivity index (χ3v) is 5.23. The number of nitrogens with zero attached hydrogens (tertiary/aromatic N) is 2. The van der Waals surface area contributed by atoms with Crippen LogP contribution in [0.4, 0.5) is 18.9 Å². The van der Waals surface area contributed by atoms with E-state index in [0.29, 0.717) is 31.3 Å². The summed E-state index contributed by atoms with van der Waals surface area (Å²) in [7, 11) is 1.67. The van der Waals surface area contributed by atoms with Gasteiger partial charge < -0.3 is 15.0 Å². The molecule has 2 atom stereocenters. The molecule has 0 spiro atoms. The maximum atomic E-state index is 13.2. The Balaban J connectivity index is 0.00000225. The van der Waals surface area contributed by atoms with Gasteiger partial charge >= 0.3 is 6.18 Å². The van der Waals surface area contributed by atoms with Crippen molar-refractivity contribution in [1.82, 2.24) is 5.32 Å². The fourth-order valence-electron chi connectivity index (χ4n) is 3.99. The maximum Gasteiger partial charge on any atom is 0.417 e. The average molecular weight is 376 g/mol. The molecule has 0 aromatic heterocycles. The molecule has 2 heterocycles. The van der Waals surface area contributed by atoms with E-state index >= 15 is 0 Å². The lowest BCUT2D eigenvalue weighted by Crippen LogP contribution is -2.47. The van der Waals surface area contributed by atoms with E-state index in [9.17, 15) is 13.2 Å². The largest absolute Gasteiger partial charge is 0.417 e. The number of methoxy groups -OCH3 is 1.